The fourth-order valence-electron chi connectivity index (χ4n) is 2.31. The lowest BCUT2D eigenvalue weighted by Gasteiger charge is -2.18. The van der Waals surface area contributed by atoms with Gasteiger partial charge in [-0.05, 0) is 63.6 Å². The molecule has 0 aromatic heterocycles. The molecule has 1 nitrogen and oxygen atoms in total. The van der Waals surface area contributed by atoms with Gasteiger partial charge >= 0.3 is 0 Å². The molecule has 0 aromatic carbocycles. The first-order valence-corrected chi connectivity index (χ1v) is 7.05. The second-order valence-electron chi connectivity index (χ2n) is 6.00. The first-order chi connectivity index (χ1) is 9.31. The maximum atomic E-state index is 4.18. The SMILES string of the molecule is C=C1C=CC=C1C/C(C(=C)C)=C(/C=C(C)C)CN(C)C. The van der Waals surface area contributed by atoms with Crippen LogP contribution in [-0.2, 0) is 0 Å². The summed E-state index contributed by atoms with van der Waals surface area (Å²) in [4.78, 5) is 2.20. The molecule has 0 bridgehead atoms. The first kappa shape index (κ1) is 16.5. The van der Waals surface area contributed by atoms with Gasteiger partial charge in [0, 0.05) is 6.54 Å². The zero-order valence-electron chi connectivity index (χ0n) is 13.6. The standard InChI is InChI=1S/C19H27N/c1-14(2)11-18(13-20(6)7)19(15(3)4)12-17-10-8-9-16(17)5/h8-11H,3,5,12-13H2,1-2,4,6-7H3/b19-18+. The van der Waals surface area contributed by atoms with Gasteiger partial charge in [-0.15, -0.1) is 0 Å². The third-order valence-electron chi connectivity index (χ3n) is 3.23. The van der Waals surface area contributed by atoms with Crippen LogP contribution in [0.3, 0.4) is 0 Å². The number of hydrogen-bond acceptors (Lipinski definition) is 1. The Hall–Kier alpha value is -1.60. The molecule has 1 rings (SSSR count). The Morgan fingerprint density at radius 2 is 1.90 bits per heavy atom. The maximum absolute atomic E-state index is 4.18. The third-order valence-corrected chi connectivity index (χ3v) is 3.23. The third kappa shape index (κ3) is 4.82. The minimum Gasteiger partial charge on any atom is -0.305 e. The highest BCUT2D eigenvalue weighted by Gasteiger charge is 2.12. The summed E-state index contributed by atoms with van der Waals surface area (Å²) in [5, 5.41) is 0. The van der Waals surface area contributed by atoms with E-state index in [2.05, 4.69) is 77.2 Å². The molecule has 0 atom stereocenters. The molecule has 0 heterocycles. The molecule has 0 N–H and O–H groups in total. The van der Waals surface area contributed by atoms with E-state index in [1.165, 1.54) is 22.3 Å². The Labute approximate surface area is 124 Å². The van der Waals surface area contributed by atoms with Crippen molar-refractivity contribution < 1.29 is 0 Å². The van der Waals surface area contributed by atoms with Gasteiger partial charge in [-0.2, -0.15) is 0 Å². The number of allylic oxidation sites excluding steroid dienone is 8. The van der Waals surface area contributed by atoms with E-state index in [1.807, 2.05) is 0 Å². The Bertz CT molecular complexity index is 518. The largest absolute Gasteiger partial charge is 0.305 e. The van der Waals surface area contributed by atoms with E-state index in [4.69, 9.17) is 0 Å². The summed E-state index contributed by atoms with van der Waals surface area (Å²) < 4.78 is 0. The first-order valence-electron chi connectivity index (χ1n) is 7.05. The summed E-state index contributed by atoms with van der Waals surface area (Å²) in [6.07, 6.45) is 9.48. The van der Waals surface area contributed by atoms with Gasteiger partial charge in [-0.25, -0.2) is 0 Å². The average molecular weight is 269 g/mol. The number of rotatable bonds is 6. The van der Waals surface area contributed by atoms with Gasteiger partial charge in [0.1, 0.15) is 0 Å². The van der Waals surface area contributed by atoms with Crippen molar-refractivity contribution in [3.63, 3.8) is 0 Å². The summed E-state index contributed by atoms with van der Waals surface area (Å²) in [6, 6.07) is 0. The summed E-state index contributed by atoms with van der Waals surface area (Å²) in [6.45, 7) is 15.6. The molecule has 0 saturated carbocycles. The highest BCUT2D eigenvalue weighted by molar-refractivity contribution is 5.52. The van der Waals surface area contributed by atoms with Crippen LogP contribution in [0.5, 0.6) is 0 Å². The second-order valence-corrected chi connectivity index (χ2v) is 6.00. The Kier molecular flexibility index (Phi) is 5.97. The topological polar surface area (TPSA) is 3.24 Å². The zero-order chi connectivity index (χ0) is 15.3. The lowest BCUT2D eigenvalue weighted by Crippen LogP contribution is -2.16. The fourth-order valence-corrected chi connectivity index (χ4v) is 2.31. The highest BCUT2D eigenvalue weighted by Crippen LogP contribution is 2.29. The van der Waals surface area contributed by atoms with Crippen LogP contribution in [0.1, 0.15) is 27.2 Å². The predicted octanol–water partition coefficient (Wildman–Crippen LogP) is 4.83. The number of nitrogens with zero attached hydrogens (tertiary/aromatic N) is 1. The molecule has 1 aliphatic carbocycles. The van der Waals surface area contributed by atoms with Crippen LogP contribution in [-0.4, -0.2) is 25.5 Å². The van der Waals surface area contributed by atoms with Crippen molar-refractivity contribution in [1.29, 1.82) is 0 Å². The van der Waals surface area contributed by atoms with Crippen LogP contribution >= 0.6 is 0 Å². The van der Waals surface area contributed by atoms with Crippen LogP contribution in [0.15, 0.2) is 70.9 Å². The maximum Gasteiger partial charge on any atom is 0.0230 e. The summed E-state index contributed by atoms with van der Waals surface area (Å²) in [5.41, 5.74) is 7.54. The van der Waals surface area contributed by atoms with Gasteiger partial charge in [0.05, 0.1) is 0 Å². The van der Waals surface area contributed by atoms with E-state index < -0.39 is 0 Å². The summed E-state index contributed by atoms with van der Waals surface area (Å²) >= 11 is 0. The van der Waals surface area contributed by atoms with Crippen molar-refractivity contribution in [3.8, 4) is 0 Å². The van der Waals surface area contributed by atoms with Crippen LogP contribution in [0, 0.1) is 0 Å². The lowest BCUT2D eigenvalue weighted by atomic mass is 9.92. The minimum absolute atomic E-state index is 0.911. The molecule has 0 aromatic rings. The van der Waals surface area contributed by atoms with Crippen LogP contribution < -0.4 is 0 Å². The Balaban J connectivity index is 3.17. The van der Waals surface area contributed by atoms with E-state index >= 15 is 0 Å². The number of hydrogen-bond donors (Lipinski definition) is 0. The van der Waals surface area contributed by atoms with Gasteiger partial charge in [0.25, 0.3) is 0 Å². The van der Waals surface area contributed by atoms with Gasteiger partial charge in [-0.3, -0.25) is 0 Å². The quantitative estimate of drug-likeness (QED) is 0.624. The van der Waals surface area contributed by atoms with E-state index in [9.17, 15) is 0 Å². The van der Waals surface area contributed by atoms with Gasteiger partial charge in [-0.1, -0.05) is 48.6 Å². The minimum atomic E-state index is 0.911. The fraction of sp³-hybridized carbons (Fsp3) is 0.368. The van der Waals surface area contributed by atoms with Crippen LogP contribution in [0.4, 0.5) is 0 Å². The Morgan fingerprint density at radius 3 is 2.30 bits per heavy atom. The summed E-state index contributed by atoms with van der Waals surface area (Å²) in [7, 11) is 4.20. The molecule has 0 spiro atoms. The van der Waals surface area contributed by atoms with Crippen molar-refractivity contribution in [2.75, 3.05) is 20.6 Å². The van der Waals surface area contributed by atoms with Gasteiger partial charge in [0.15, 0.2) is 0 Å². The number of likely N-dealkylation sites (N-methyl/N-ethyl adjacent to an activating group) is 1. The molecular formula is C19H27N. The molecule has 0 unspecified atom stereocenters. The molecule has 1 heteroatoms. The van der Waals surface area contributed by atoms with Crippen LogP contribution in [0.25, 0.3) is 0 Å². The van der Waals surface area contributed by atoms with Gasteiger partial charge in [0.2, 0.25) is 0 Å². The molecule has 0 saturated heterocycles. The van der Waals surface area contributed by atoms with E-state index in [0.717, 1.165) is 24.1 Å². The zero-order valence-corrected chi connectivity index (χ0v) is 13.6. The monoisotopic (exact) mass is 269 g/mol. The summed E-state index contributed by atoms with van der Waals surface area (Å²) in [5.74, 6) is 0. The van der Waals surface area contributed by atoms with Crippen molar-refractivity contribution in [2.24, 2.45) is 0 Å². The molecule has 0 radical (unpaired) electrons. The highest BCUT2D eigenvalue weighted by atomic mass is 15.0. The van der Waals surface area contributed by atoms with Crippen molar-refractivity contribution in [1.82, 2.24) is 4.90 Å². The predicted molar refractivity (Wildman–Crippen MR) is 90.8 cm³/mol. The molecule has 108 valence electrons. The van der Waals surface area contributed by atoms with E-state index in [-0.39, 0.29) is 0 Å². The molecule has 0 fully saturated rings. The molecule has 1 aliphatic rings. The molecule has 0 amide bonds. The second kappa shape index (κ2) is 7.25. The van der Waals surface area contributed by atoms with Crippen molar-refractivity contribution in [3.05, 3.63) is 70.9 Å². The van der Waals surface area contributed by atoms with Crippen LogP contribution in [0.2, 0.25) is 0 Å². The Morgan fingerprint density at radius 1 is 1.25 bits per heavy atom. The smallest absolute Gasteiger partial charge is 0.0230 e. The van der Waals surface area contributed by atoms with Crippen molar-refractivity contribution >= 4 is 0 Å². The lowest BCUT2D eigenvalue weighted by molar-refractivity contribution is 0.447. The molecule has 0 aliphatic heterocycles. The normalized spacial score (nSPS) is 15.3. The molecule has 20 heavy (non-hydrogen) atoms. The van der Waals surface area contributed by atoms with Gasteiger partial charge < -0.3 is 4.90 Å². The van der Waals surface area contributed by atoms with Crippen molar-refractivity contribution in [2.45, 2.75) is 27.2 Å². The van der Waals surface area contributed by atoms with E-state index in [0.29, 0.717) is 0 Å². The molecular weight excluding hydrogens is 242 g/mol. The average Bonchev–Trinajstić information content (AvgIpc) is 2.69. The van der Waals surface area contributed by atoms with E-state index in [1.54, 1.807) is 0 Å².